The lowest BCUT2D eigenvalue weighted by Gasteiger charge is -2.15. The number of aliphatic carboxylic acids is 1. The smallest absolute Gasteiger partial charge is 0.328 e. The van der Waals surface area contributed by atoms with E-state index in [1.54, 1.807) is 0 Å². The molecular formula is C9H13N3O6. The van der Waals surface area contributed by atoms with Crippen LogP contribution in [0.15, 0.2) is 0 Å². The maximum absolute atomic E-state index is 11.4. The molecule has 0 aromatic carbocycles. The molecule has 0 aromatic rings. The Labute approximate surface area is 102 Å². The van der Waals surface area contributed by atoms with Crippen LogP contribution in [-0.4, -0.2) is 64.7 Å². The molecule has 0 radical (unpaired) electrons. The van der Waals surface area contributed by atoms with E-state index in [-0.39, 0.29) is 6.42 Å². The van der Waals surface area contributed by atoms with Crippen molar-refractivity contribution in [3.05, 3.63) is 0 Å². The molecule has 1 rings (SSSR count). The summed E-state index contributed by atoms with van der Waals surface area (Å²) in [5, 5.41) is 21.4. The molecular weight excluding hydrogens is 246 g/mol. The van der Waals surface area contributed by atoms with Gasteiger partial charge in [0.1, 0.15) is 6.04 Å². The van der Waals surface area contributed by atoms with Crippen molar-refractivity contribution in [3.63, 3.8) is 0 Å². The number of likely N-dealkylation sites (N-methyl/N-ethyl adjacent to an activating group) is 1. The van der Waals surface area contributed by atoms with Crippen LogP contribution in [0.5, 0.6) is 0 Å². The summed E-state index contributed by atoms with van der Waals surface area (Å²) in [7, 11) is 1.29. The molecule has 0 aliphatic carbocycles. The minimum Gasteiger partial charge on any atom is -0.480 e. The second-order valence-electron chi connectivity index (χ2n) is 3.74. The van der Waals surface area contributed by atoms with Crippen LogP contribution < -0.4 is 10.6 Å². The number of hydrogen-bond acceptors (Lipinski definition) is 5. The highest BCUT2D eigenvalue weighted by atomic mass is 16.4. The quantitative estimate of drug-likeness (QED) is 0.412. The van der Waals surface area contributed by atoms with Gasteiger partial charge in [-0.05, 0) is 0 Å². The van der Waals surface area contributed by atoms with E-state index in [2.05, 4.69) is 5.32 Å². The van der Waals surface area contributed by atoms with Gasteiger partial charge >= 0.3 is 12.0 Å². The summed E-state index contributed by atoms with van der Waals surface area (Å²) in [5.41, 5.74) is 0. The average Bonchev–Trinajstić information content (AvgIpc) is 2.53. The summed E-state index contributed by atoms with van der Waals surface area (Å²) < 4.78 is 0. The van der Waals surface area contributed by atoms with Crippen LogP contribution in [0.3, 0.4) is 0 Å². The first-order valence-electron chi connectivity index (χ1n) is 5.08. The number of nitrogens with zero attached hydrogens (tertiary/aromatic N) is 1. The molecule has 1 unspecified atom stereocenters. The van der Waals surface area contributed by atoms with Crippen molar-refractivity contribution in [1.82, 2.24) is 15.5 Å². The van der Waals surface area contributed by atoms with Gasteiger partial charge < -0.3 is 20.8 Å². The fourth-order valence-electron chi connectivity index (χ4n) is 1.41. The van der Waals surface area contributed by atoms with Crippen molar-refractivity contribution in [3.8, 4) is 0 Å². The molecule has 0 bridgehead atoms. The number of urea groups is 1. The molecule has 1 heterocycles. The van der Waals surface area contributed by atoms with Crippen LogP contribution in [0.1, 0.15) is 6.42 Å². The number of aliphatic hydroxyl groups excluding tert-OH is 1. The Balaban J connectivity index is 2.53. The standard InChI is InChI=1S/C9H13N3O6/c1-12-6(14)2-4(7(12)15)10-9(18)11-5(3-13)8(16)17/h4-5,13H,2-3H2,1H3,(H,16,17)(H2,10,11,18)/t4?,5-/m1/s1. The lowest BCUT2D eigenvalue weighted by Crippen LogP contribution is -2.51. The van der Waals surface area contributed by atoms with Gasteiger partial charge in [-0.25, -0.2) is 9.59 Å². The maximum atomic E-state index is 11.4. The molecule has 0 saturated carbocycles. The predicted molar refractivity (Wildman–Crippen MR) is 56.4 cm³/mol. The number of carbonyl (C=O) groups is 4. The molecule has 2 atom stereocenters. The van der Waals surface area contributed by atoms with Gasteiger partial charge in [-0.15, -0.1) is 0 Å². The topological polar surface area (TPSA) is 136 Å². The molecule has 0 aromatic heterocycles. The van der Waals surface area contributed by atoms with Crippen LogP contribution in [0.25, 0.3) is 0 Å². The molecule has 0 spiro atoms. The summed E-state index contributed by atoms with van der Waals surface area (Å²) in [4.78, 5) is 45.4. The maximum Gasteiger partial charge on any atom is 0.328 e. The molecule has 1 fully saturated rings. The number of hydrogen-bond donors (Lipinski definition) is 4. The Hall–Kier alpha value is -2.16. The van der Waals surface area contributed by atoms with Crippen molar-refractivity contribution in [2.75, 3.05) is 13.7 Å². The van der Waals surface area contributed by atoms with Crippen LogP contribution >= 0.6 is 0 Å². The van der Waals surface area contributed by atoms with E-state index >= 15 is 0 Å². The van der Waals surface area contributed by atoms with Gasteiger partial charge in [0.25, 0.3) is 5.91 Å². The van der Waals surface area contributed by atoms with Gasteiger partial charge in [-0.1, -0.05) is 0 Å². The molecule has 100 valence electrons. The SMILES string of the molecule is CN1C(=O)CC(NC(=O)N[C@H](CO)C(=O)O)C1=O. The summed E-state index contributed by atoms with van der Waals surface area (Å²) in [6, 6.07) is -3.40. The number of imide groups is 1. The summed E-state index contributed by atoms with van der Waals surface area (Å²) in [6.07, 6.45) is -0.167. The minimum atomic E-state index is -1.46. The lowest BCUT2D eigenvalue weighted by atomic mass is 10.2. The Morgan fingerprint density at radius 2 is 2.11 bits per heavy atom. The van der Waals surface area contributed by atoms with E-state index in [0.717, 1.165) is 4.90 Å². The van der Waals surface area contributed by atoms with Crippen molar-refractivity contribution >= 4 is 23.8 Å². The zero-order valence-electron chi connectivity index (χ0n) is 9.54. The normalized spacial score (nSPS) is 20.8. The highest BCUT2D eigenvalue weighted by Crippen LogP contribution is 2.10. The third-order valence-electron chi connectivity index (χ3n) is 2.47. The first-order chi connectivity index (χ1) is 8.36. The Kier molecular flexibility index (Phi) is 4.21. The van der Waals surface area contributed by atoms with Gasteiger partial charge in [0.2, 0.25) is 5.91 Å². The van der Waals surface area contributed by atoms with Gasteiger partial charge in [-0.3, -0.25) is 14.5 Å². The van der Waals surface area contributed by atoms with E-state index < -0.39 is 42.5 Å². The predicted octanol–water partition coefficient (Wildman–Crippen LogP) is -2.51. The molecule has 9 heteroatoms. The summed E-state index contributed by atoms with van der Waals surface area (Å²) in [6.45, 7) is -0.778. The second kappa shape index (κ2) is 5.45. The molecule has 4 amide bonds. The van der Waals surface area contributed by atoms with Crippen molar-refractivity contribution < 1.29 is 29.4 Å². The Morgan fingerprint density at radius 3 is 2.50 bits per heavy atom. The van der Waals surface area contributed by atoms with Crippen LogP contribution in [0.4, 0.5) is 4.79 Å². The molecule has 9 nitrogen and oxygen atoms in total. The monoisotopic (exact) mass is 259 g/mol. The zero-order valence-corrected chi connectivity index (χ0v) is 9.54. The third kappa shape index (κ3) is 2.94. The molecule has 1 aliphatic heterocycles. The van der Waals surface area contributed by atoms with Crippen molar-refractivity contribution in [1.29, 1.82) is 0 Å². The van der Waals surface area contributed by atoms with Gasteiger partial charge in [0.15, 0.2) is 6.04 Å². The highest BCUT2D eigenvalue weighted by Gasteiger charge is 2.37. The van der Waals surface area contributed by atoms with Crippen molar-refractivity contribution in [2.24, 2.45) is 0 Å². The van der Waals surface area contributed by atoms with E-state index in [1.807, 2.05) is 5.32 Å². The van der Waals surface area contributed by atoms with Gasteiger partial charge in [0, 0.05) is 7.05 Å². The number of carbonyl (C=O) groups excluding carboxylic acids is 3. The molecule has 1 aliphatic rings. The second-order valence-corrected chi connectivity index (χ2v) is 3.74. The first kappa shape index (κ1) is 13.9. The lowest BCUT2D eigenvalue weighted by molar-refractivity contribution is -0.140. The summed E-state index contributed by atoms with van der Waals surface area (Å²) >= 11 is 0. The summed E-state index contributed by atoms with van der Waals surface area (Å²) in [5.74, 6) is -2.40. The fourth-order valence-corrected chi connectivity index (χ4v) is 1.41. The largest absolute Gasteiger partial charge is 0.480 e. The molecule has 4 N–H and O–H groups in total. The molecule has 1 saturated heterocycles. The third-order valence-corrected chi connectivity index (χ3v) is 2.47. The Morgan fingerprint density at radius 1 is 1.50 bits per heavy atom. The number of rotatable bonds is 4. The van der Waals surface area contributed by atoms with Crippen LogP contribution in [0, 0.1) is 0 Å². The van der Waals surface area contributed by atoms with Crippen LogP contribution in [-0.2, 0) is 14.4 Å². The number of aliphatic hydroxyl groups is 1. The first-order valence-corrected chi connectivity index (χ1v) is 5.08. The van der Waals surface area contributed by atoms with E-state index in [4.69, 9.17) is 10.2 Å². The number of nitrogens with one attached hydrogen (secondary N) is 2. The van der Waals surface area contributed by atoms with E-state index in [1.165, 1.54) is 7.05 Å². The van der Waals surface area contributed by atoms with Crippen LogP contribution in [0.2, 0.25) is 0 Å². The number of amides is 4. The zero-order chi connectivity index (χ0) is 13.9. The van der Waals surface area contributed by atoms with Crippen molar-refractivity contribution in [2.45, 2.75) is 18.5 Å². The average molecular weight is 259 g/mol. The minimum absolute atomic E-state index is 0.167. The highest BCUT2D eigenvalue weighted by molar-refractivity contribution is 6.06. The Bertz CT molecular complexity index is 396. The molecule has 18 heavy (non-hydrogen) atoms. The number of carboxylic acid groups (broad SMARTS) is 1. The number of carboxylic acids is 1. The van der Waals surface area contributed by atoms with E-state index in [0.29, 0.717) is 0 Å². The fraction of sp³-hybridized carbons (Fsp3) is 0.556. The van der Waals surface area contributed by atoms with Gasteiger partial charge in [0.05, 0.1) is 13.0 Å². The van der Waals surface area contributed by atoms with E-state index in [9.17, 15) is 19.2 Å². The van der Waals surface area contributed by atoms with Gasteiger partial charge in [-0.2, -0.15) is 0 Å². The number of likely N-dealkylation sites (tertiary alicyclic amines) is 1.